The Kier molecular flexibility index (Phi) is 9.89. The first-order valence-corrected chi connectivity index (χ1v) is 15.2. The number of carbonyl (C=O) groups excluding carboxylic acids is 2. The topological polar surface area (TPSA) is 144 Å². The van der Waals surface area contributed by atoms with Crippen LogP contribution in [0.2, 0.25) is 0 Å². The number of hydrogen-bond acceptors (Lipinski definition) is 8. The monoisotopic (exact) mass is 590 g/mol. The summed E-state index contributed by atoms with van der Waals surface area (Å²) in [6.07, 6.45) is 1.18. The summed E-state index contributed by atoms with van der Waals surface area (Å²) in [4.78, 5) is 43.8. The minimum absolute atomic E-state index is 0.108. The van der Waals surface area contributed by atoms with E-state index in [2.05, 4.69) is 60.9 Å². The number of rotatable bonds is 11. The van der Waals surface area contributed by atoms with E-state index < -0.39 is 38.3 Å². The Balaban J connectivity index is 1.40. The molecule has 4 rings (SSSR count). The van der Waals surface area contributed by atoms with Crippen LogP contribution in [0.15, 0.2) is 48.5 Å². The van der Waals surface area contributed by atoms with Crippen LogP contribution in [0.5, 0.6) is 0 Å². The number of benzene rings is 2. The summed E-state index contributed by atoms with van der Waals surface area (Å²) in [5, 5.41) is 3.72. The van der Waals surface area contributed by atoms with Crippen molar-refractivity contribution in [2.75, 3.05) is 33.1 Å². The number of carbonyl (C=O) groups is 2. The average Bonchev–Trinajstić information content (AvgIpc) is 3.23. The molecule has 0 unspecified atom stereocenters. The molecule has 1 amide bonds. The summed E-state index contributed by atoms with van der Waals surface area (Å²) in [5.74, 6) is -0.115. The summed E-state index contributed by atoms with van der Waals surface area (Å²) < 4.78 is 31.4. The van der Waals surface area contributed by atoms with E-state index in [1.807, 2.05) is 18.2 Å². The Labute approximate surface area is 240 Å². The number of nitrogens with one attached hydrogen (secondary N) is 1. The van der Waals surface area contributed by atoms with Crippen LogP contribution in [-0.4, -0.2) is 65.4 Å². The second-order valence-electron chi connectivity index (χ2n) is 10.9. The summed E-state index contributed by atoms with van der Waals surface area (Å²) in [6, 6.07) is 16.6. The van der Waals surface area contributed by atoms with Crippen molar-refractivity contribution in [3.8, 4) is 0 Å². The first-order valence-electron chi connectivity index (χ1n) is 13.7. The molecule has 11 nitrogen and oxygen atoms in total. The van der Waals surface area contributed by atoms with Crippen molar-refractivity contribution in [3.05, 3.63) is 70.8 Å². The molecule has 0 saturated carbocycles. The van der Waals surface area contributed by atoms with Gasteiger partial charge in [0.05, 0.1) is 30.4 Å². The maximum Gasteiger partial charge on any atom is 0.510 e. The molecule has 12 heteroatoms. The van der Waals surface area contributed by atoms with Crippen molar-refractivity contribution in [3.63, 3.8) is 0 Å². The van der Waals surface area contributed by atoms with E-state index in [-0.39, 0.29) is 18.7 Å². The molecule has 0 aliphatic carbocycles. The summed E-state index contributed by atoms with van der Waals surface area (Å²) in [6.45, 7) is 5.98. The van der Waals surface area contributed by atoms with Crippen LogP contribution in [0, 0.1) is 13.8 Å². The van der Waals surface area contributed by atoms with E-state index in [1.165, 1.54) is 11.1 Å². The van der Waals surface area contributed by atoms with Gasteiger partial charge in [-0.05, 0) is 51.2 Å². The van der Waals surface area contributed by atoms with Crippen LogP contribution in [0.1, 0.15) is 61.0 Å². The molecular weight excluding hydrogens is 551 g/mol. The fourth-order valence-corrected chi connectivity index (χ4v) is 6.05. The lowest BCUT2D eigenvalue weighted by Gasteiger charge is -2.49. The lowest BCUT2D eigenvalue weighted by Crippen LogP contribution is -2.63. The Hall–Kier alpha value is -2.79. The molecule has 2 saturated heterocycles. The first kappa shape index (κ1) is 31.2. The maximum atomic E-state index is 12.8. The van der Waals surface area contributed by atoms with Gasteiger partial charge in [-0.2, -0.15) is 0 Å². The molecule has 2 aromatic rings. The number of hydrogen-bond donors (Lipinski definition) is 3. The zero-order chi connectivity index (χ0) is 29.7. The van der Waals surface area contributed by atoms with E-state index in [1.54, 1.807) is 4.90 Å². The minimum atomic E-state index is -4.65. The third kappa shape index (κ3) is 7.94. The number of amides is 1. The molecule has 2 aliphatic heterocycles. The molecule has 0 radical (unpaired) electrons. The normalized spacial score (nSPS) is 23.5. The highest BCUT2D eigenvalue weighted by Gasteiger charge is 2.51. The van der Waals surface area contributed by atoms with Crippen LogP contribution in [0.25, 0.3) is 0 Å². The van der Waals surface area contributed by atoms with Gasteiger partial charge < -0.3 is 34.2 Å². The van der Waals surface area contributed by atoms with Crippen molar-refractivity contribution in [2.45, 2.75) is 63.6 Å². The number of aryl methyl sites for hydroxylation is 2. The van der Waals surface area contributed by atoms with Crippen LogP contribution in [0.3, 0.4) is 0 Å². The molecule has 2 aliphatic rings. The third-order valence-corrected chi connectivity index (χ3v) is 8.46. The number of ether oxygens (including phenoxy) is 3. The highest BCUT2D eigenvalue weighted by molar-refractivity contribution is 7.46. The molecule has 2 fully saturated rings. The van der Waals surface area contributed by atoms with Gasteiger partial charge in [0, 0.05) is 13.0 Å². The number of piperidine rings is 1. The van der Waals surface area contributed by atoms with Crippen molar-refractivity contribution < 1.29 is 42.7 Å². The van der Waals surface area contributed by atoms with Crippen molar-refractivity contribution in [1.29, 1.82) is 0 Å². The number of phosphoric acid groups is 1. The van der Waals surface area contributed by atoms with Gasteiger partial charge in [0.1, 0.15) is 6.61 Å². The van der Waals surface area contributed by atoms with Crippen LogP contribution < -0.4 is 5.32 Å². The molecule has 224 valence electrons. The van der Waals surface area contributed by atoms with E-state index >= 15 is 0 Å². The zero-order valence-electron chi connectivity index (χ0n) is 23.7. The third-order valence-electron chi connectivity index (χ3n) is 7.94. The molecule has 1 spiro atoms. The van der Waals surface area contributed by atoms with Gasteiger partial charge >= 0.3 is 14.0 Å². The Morgan fingerprint density at radius 2 is 1.76 bits per heavy atom. The molecule has 0 aromatic heterocycles. The van der Waals surface area contributed by atoms with E-state index in [4.69, 9.17) is 24.0 Å². The highest BCUT2D eigenvalue weighted by Crippen LogP contribution is 2.43. The molecule has 2 heterocycles. The van der Waals surface area contributed by atoms with Crippen molar-refractivity contribution in [1.82, 2.24) is 10.2 Å². The number of phosphoric ester groups is 1. The second-order valence-corrected chi connectivity index (χ2v) is 12.2. The van der Waals surface area contributed by atoms with Gasteiger partial charge in [-0.25, -0.2) is 9.36 Å². The van der Waals surface area contributed by atoms with Crippen LogP contribution >= 0.6 is 7.82 Å². The predicted molar refractivity (Wildman–Crippen MR) is 150 cm³/mol. The van der Waals surface area contributed by atoms with E-state index in [9.17, 15) is 14.2 Å². The van der Waals surface area contributed by atoms with E-state index in [0.717, 1.165) is 11.1 Å². The average molecular weight is 591 g/mol. The number of likely N-dealkylation sites (tertiary alicyclic amines) is 1. The maximum absolute atomic E-state index is 12.8. The van der Waals surface area contributed by atoms with Gasteiger partial charge in [-0.3, -0.25) is 9.32 Å². The SMILES string of the molecule is Cc1cc(C)cc([C@@H](C)OC[C@@]2(c3ccccc3)CC[C@]3(CCC(=O)N3COC(=O)OCCOP(=O)(O)O)CN2)c1. The Morgan fingerprint density at radius 3 is 2.39 bits per heavy atom. The van der Waals surface area contributed by atoms with Gasteiger partial charge in [0.25, 0.3) is 0 Å². The van der Waals surface area contributed by atoms with Crippen LogP contribution in [-0.2, 0) is 33.6 Å². The number of nitrogens with zero attached hydrogens (tertiary/aromatic N) is 1. The zero-order valence-corrected chi connectivity index (χ0v) is 24.6. The van der Waals surface area contributed by atoms with Gasteiger partial charge in [-0.1, -0.05) is 59.7 Å². The Bertz CT molecular complexity index is 1240. The molecular formula is C29H39N2O9P. The van der Waals surface area contributed by atoms with E-state index in [0.29, 0.717) is 38.8 Å². The van der Waals surface area contributed by atoms with Crippen LogP contribution in [0.4, 0.5) is 4.79 Å². The molecule has 41 heavy (non-hydrogen) atoms. The summed E-state index contributed by atoms with van der Waals surface area (Å²) in [7, 11) is -4.65. The quantitative estimate of drug-likeness (QED) is 0.197. The molecule has 2 aromatic carbocycles. The second kappa shape index (κ2) is 13.0. The molecule has 0 bridgehead atoms. The lowest BCUT2D eigenvalue weighted by molar-refractivity contribution is -0.138. The van der Waals surface area contributed by atoms with Gasteiger partial charge in [0.15, 0.2) is 6.73 Å². The van der Waals surface area contributed by atoms with Crippen molar-refractivity contribution >= 4 is 19.9 Å². The minimum Gasteiger partial charge on any atom is -0.432 e. The predicted octanol–water partition coefficient (Wildman–Crippen LogP) is 4.24. The largest absolute Gasteiger partial charge is 0.510 e. The first-order chi connectivity index (χ1) is 19.4. The smallest absolute Gasteiger partial charge is 0.432 e. The van der Waals surface area contributed by atoms with Crippen molar-refractivity contribution in [2.24, 2.45) is 0 Å². The molecule has 3 N–H and O–H groups in total. The summed E-state index contributed by atoms with van der Waals surface area (Å²) >= 11 is 0. The van der Waals surface area contributed by atoms with Gasteiger partial charge in [-0.15, -0.1) is 0 Å². The lowest BCUT2D eigenvalue weighted by atomic mass is 9.75. The standard InChI is InChI=1S/C29H39N2O9P/c1-21-15-22(2)17-24(16-21)23(3)38-19-29(25-7-5-4-6-8-25)12-11-28(18-30-29)10-9-26(32)31(28)20-39-27(33)37-13-14-40-41(34,35)36/h4-8,15-17,23,30H,9-14,18-20H2,1-3H3,(H2,34,35,36)/t23-,28-,29-/m1/s1. The molecule has 3 atom stereocenters. The summed E-state index contributed by atoms with van der Waals surface area (Å²) in [5.41, 5.74) is 3.63. The fraction of sp³-hybridized carbons (Fsp3) is 0.517. The van der Waals surface area contributed by atoms with Gasteiger partial charge in [0.2, 0.25) is 5.91 Å². The fourth-order valence-electron chi connectivity index (χ4n) is 5.74. The Morgan fingerprint density at radius 1 is 1.05 bits per heavy atom. The highest BCUT2D eigenvalue weighted by atomic mass is 31.2.